The topological polar surface area (TPSA) is 101 Å². The monoisotopic (exact) mass is 303 g/mol. The van der Waals surface area contributed by atoms with Gasteiger partial charge in [-0.05, 0) is 19.9 Å². The van der Waals surface area contributed by atoms with Crippen molar-refractivity contribution in [2.45, 2.75) is 25.8 Å². The molecular formula is C15H17N3O4. The maximum Gasteiger partial charge on any atom is 0.328 e. The van der Waals surface area contributed by atoms with Crippen LogP contribution in [-0.4, -0.2) is 32.3 Å². The van der Waals surface area contributed by atoms with E-state index >= 15 is 0 Å². The fourth-order valence-corrected chi connectivity index (χ4v) is 2.10. The first kappa shape index (κ1) is 15.7. The van der Waals surface area contributed by atoms with Crippen LogP contribution in [0.3, 0.4) is 0 Å². The van der Waals surface area contributed by atoms with Crippen LogP contribution in [-0.2, 0) is 23.1 Å². The normalized spacial score (nSPS) is 11.4. The number of aliphatic carboxylic acids is 1. The number of aromatic nitrogens is 2. The first-order valence-electron chi connectivity index (χ1n) is 6.71. The van der Waals surface area contributed by atoms with Gasteiger partial charge < -0.3 is 10.4 Å². The number of carbonyl (C=O) groups excluding carboxylic acids is 1. The van der Waals surface area contributed by atoms with Crippen LogP contribution in [0.1, 0.15) is 19.5 Å². The quantitative estimate of drug-likeness (QED) is 0.854. The average Bonchev–Trinajstić information content (AvgIpc) is 2.43. The SMILES string of the molecule is Cn1nc(CC(=O)NC(C)(C)C(=O)O)c2ccccc2c1=O. The Balaban J connectivity index is 2.37. The Morgan fingerprint density at radius 1 is 1.27 bits per heavy atom. The number of benzene rings is 1. The molecule has 1 aromatic carbocycles. The Morgan fingerprint density at radius 3 is 2.45 bits per heavy atom. The Kier molecular flexibility index (Phi) is 3.99. The molecule has 2 rings (SSSR count). The first-order valence-corrected chi connectivity index (χ1v) is 6.71. The van der Waals surface area contributed by atoms with Gasteiger partial charge in [0.15, 0.2) is 0 Å². The Hall–Kier alpha value is -2.70. The van der Waals surface area contributed by atoms with E-state index in [4.69, 9.17) is 5.11 Å². The number of hydrogen-bond donors (Lipinski definition) is 2. The standard InChI is InChI=1S/C15H17N3O4/c1-15(2,14(21)22)16-12(19)8-11-9-6-4-5-7-10(9)13(20)18(3)17-11/h4-7H,8H2,1-3H3,(H,16,19)(H,21,22). The second-order valence-electron chi connectivity index (χ2n) is 5.58. The highest BCUT2D eigenvalue weighted by Gasteiger charge is 2.29. The van der Waals surface area contributed by atoms with E-state index in [1.807, 2.05) is 0 Å². The summed E-state index contributed by atoms with van der Waals surface area (Å²) in [6.45, 7) is 2.80. The van der Waals surface area contributed by atoms with Gasteiger partial charge in [-0.15, -0.1) is 0 Å². The van der Waals surface area contributed by atoms with Crippen molar-refractivity contribution in [1.82, 2.24) is 15.1 Å². The van der Waals surface area contributed by atoms with Crippen LogP contribution in [0.2, 0.25) is 0 Å². The van der Waals surface area contributed by atoms with Gasteiger partial charge in [0.2, 0.25) is 5.91 Å². The number of amides is 1. The van der Waals surface area contributed by atoms with Crippen molar-refractivity contribution >= 4 is 22.6 Å². The van der Waals surface area contributed by atoms with E-state index in [-0.39, 0.29) is 12.0 Å². The van der Waals surface area contributed by atoms with Crippen LogP contribution < -0.4 is 10.9 Å². The molecule has 1 amide bonds. The van der Waals surface area contributed by atoms with Gasteiger partial charge in [0, 0.05) is 12.4 Å². The third kappa shape index (κ3) is 2.98. The zero-order valence-corrected chi connectivity index (χ0v) is 12.6. The van der Waals surface area contributed by atoms with Crippen molar-refractivity contribution in [3.8, 4) is 0 Å². The first-order chi connectivity index (χ1) is 10.2. The van der Waals surface area contributed by atoms with Crippen molar-refractivity contribution < 1.29 is 14.7 Å². The lowest BCUT2D eigenvalue weighted by molar-refractivity contribution is -0.145. The van der Waals surface area contributed by atoms with E-state index < -0.39 is 17.4 Å². The lowest BCUT2D eigenvalue weighted by Crippen LogP contribution is -2.50. The van der Waals surface area contributed by atoms with Crippen LogP contribution in [0.25, 0.3) is 10.8 Å². The van der Waals surface area contributed by atoms with E-state index in [1.54, 1.807) is 24.3 Å². The lowest BCUT2D eigenvalue weighted by atomic mass is 10.0. The summed E-state index contributed by atoms with van der Waals surface area (Å²) in [4.78, 5) is 35.1. The predicted molar refractivity (Wildman–Crippen MR) is 80.5 cm³/mol. The van der Waals surface area contributed by atoms with Crippen LogP contribution in [0.5, 0.6) is 0 Å². The van der Waals surface area contributed by atoms with E-state index in [9.17, 15) is 14.4 Å². The van der Waals surface area contributed by atoms with E-state index in [0.717, 1.165) is 0 Å². The summed E-state index contributed by atoms with van der Waals surface area (Å²) >= 11 is 0. The number of aryl methyl sites for hydroxylation is 1. The number of carbonyl (C=O) groups is 2. The van der Waals surface area contributed by atoms with E-state index in [1.165, 1.54) is 25.6 Å². The van der Waals surface area contributed by atoms with E-state index in [0.29, 0.717) is 16.5 Å². The molecule has 0 aliphatic heterocycles. The molecular weight excluding hydrogens is 286 g/mol. The molecule has 1 aromatic heterocycles. The fourth-order valence-electron chi connectivity index (χ4n) is 2.10. The van der Waals surface area contributed by atoms with Crippen molar-refractivity contribution in [2.75, 3.05) is 0 Å². The van der Waals surface area contributed by atoms with Crippen molar-refractivity contribution in [1.29, 1.82) is 0 Å². The molecule has 2 aromatic rings. The molecule has 0 saturated heterocycles. The fraction of sp³-hybridized carbons (Fsp3) is 0.333. The molecule has 0 aliphatic carbocycles. The van der Waals surface area contributed by atoms with Gasteiger partial charge in [0.25, 0.3) is 5.56 Å². The molecule has 0 atom stereocenters. The van der Waals surface area contributed by atoms with Gasteiger partial charge in [-0.1, -0.05) is 18.2 Å². The Labute approximate surface area is 126 Å². The van der Waals surface area contributed by atoms with Crippen LogP contribution in [0.15, 0.2) is 29.1 Å². The largest absolute Gasteiger partial charge is 0.480 e. The van der Waals surface area contributed by atoms with Crippen LogP contribution >= 0.6 is 0 Å². The van der Waals surface area contributed by atoms with E-state index in [2.05, 4.69) is 10.4 Å². The molecule has 0 aliphatic rings. The second-order valence-corrected chi connectivity index (χ2v) is 5.58. The number of carboxylic acid groups (broad SMARTS) is 1. The highest BCUT2D eigenvalue weighted by atomic mass is 16.4. The molecule has 0 fully saturated rings. The highest BCUT2D eigenvalue weighted by Crippen LogP contribution is 2.14. The molecule has 7 nitrogen and oxygen atoms in total. The molecule has 0 bridgehead atoms. The zero-order valence-electron chi connectivity index (χ0n) is 12.6. The number of carboxylic acids is 1. The lowest BCUT2D eigenvalue weighted by Gasteiger charge is -2.21. The predicted octanol–water partition coefficient (Wildman–Crippen LogP) is 0.455. The number of fused-ring (bicyclic) bond motifs is 1. The summed E-state index contributed by atoms with van der Waals surface area (Å²) in [7, 11) is 1.51. The molecule has 116 valence electrons. The molecule has 7 heteroatoms. The van der Waals surface area contributed by atoms with Gasteiger partial charge in [0.05, 0.1) is 17.5 Å². The van der Waals surface area contributed by atoms with Crippen molar-refractivity contribution in [3.05, 3.63) is 40.3 Å². The minimum absolute atomic E-state index is 0.106. The summed E-state index contributed by atoms with van der Waals surface area (Å²) < 4.78 is 1.17. The molecule has 0 spiro atoms. The minimum atomic E-state index is -1.37. The number of rotatable bonds is 4. The molecule has 2 N–H and O–H groups in total. The molecule has 1 heterocycles. The molecule has 0 unspecified atom stereocenters. The summed E-state index contributed by atoms with van der Waals surface area (Å²) in [6, 6.07) is 6.88. The third-order valence-electron chi connectivity index (χ3n) is 3.35. The smallest absolute Gasteiger partial charge is 0.328 e. The number of nitrogens with zero attached hydrogens (tertiary/aromatic N) is 2. The van der Waals surface area contributed by atoms with Crippen LogP contribution in [0, 0.1) is 0 Å². The van der Waals surface area contributed by atoms with Gasteiger partial charge in [-0.2, -0.15) is 5.10 Å². The van der Waals surface area contributed by atoms with Gasteiger partial charge >= 0.3 is 5.97 Å². The maximum atomic E-state index is 12.1. The zero-order chi connectivity index (χ0) is 16.5. The Bertz CT molecular complexity index is 808. The third-order valence-corrected chi connectivity index (χ3v) is 3.35. The summed E-state index contributed by atoms with van der Waals surface area (Å²) in [5.41, 5.74) is -1.19. The average molecular weight is 303 g/mol. The van der Waals surface area contributed by atoms with Gasteiger partial charge in [0.1, 0.15) is 5.54 Å². The maximum absolute atomic E-state index is 12.1. The molecule has 0 radical (unpaired) electrons. The second kappa shape index (κ2) is 5.59. The summed E-state index contributed by atoms with van der Waals surface area (Å²) in [6.07, 6.45) is -0.106. The van der Waals surface area contributed by atoms with Crippen LogP contribution in [0.4, 0.5) is 0 Å². The highest BCUT2D eigenvalue weighted by molar-refractivity contribution is 5.91. The molecule has 0 saturated carbocycles. The van der Waals surface area contributed by atoms with Crippen molar-refractivity contribution in [3.63, 3.8) is 0 Å². The van der Waals surface area contributed by atoms with Crippen molar-refractivity contribution in [2.24, 2.45) is 7.05 Å². The summed E-state index contributed by atoms with van der Waals surface area (Å²) in [5.74, 6) is -1.59. The number of nitrogens with one attached hydrogen (secondary N) is 1. The summed E-state index contributed by atoms with van der Waals surface area (Å²) in [5, 5.41) is 16.6. The number of hydrogen-bond acceptors (Lipinski definition) is 4. The minimum Gasteiger partial charge on any atom is -0.480 e. The molecule has 22 heavy (non-hydrogen) atoms. The van der Waals surface area contributed by atoms with Gasteiger partial charge in [-0.25, -0.2) is 9.48 Å². The van der Waals surface area contributed by atoms with Gasteiger partial charge in [-0.3, -0.25) is 9.59 Å². The Morgan fingerprint density at radius 2 is 1.86 bits per heavy atom.